The van der Waals surface area contributed by atoms with E-state index < -0.39 is 0 Å². The number of hydrogen-bond donors (Lipinski definition) is 2. The van der Waals surface area contributed by atoms with E-state index in [0.29, 0.717) is 4.99 Å². The molecule has 4 nitrogen and oxygen atoms in total. The molecular formula is C13H19N3OS. The van der Waals surface area contributed by atoms with Gasteiger partial charge < -0.3 is 15.8 Å². The fourth-order valence-corrected chi connectivity index (χ4v) is 2.25. The Bertz CT molecular complexity index is 456. The highest BCUT2D eigenvalue weighted by atomic mass is 32.1. The summed E-state index contributed by atoms with van der Waals surface area (Å²) in [6, 6.07) is 3.85. The van der Waals surface area contributed by atoms with Crippen molar-refractivity contribution in [3.8, 4) is 0 Å². The van der Waals surface area contributed by atoms with Crippen molar-refractivity contribution >= 4 is 23.0 Å². The summed E-state index contributed by atoms with van der Waals surface area (Å²) in [6.07, 6.45) is 1.92. The van der Waals surface area contributed by atoms with E-state index in [1.165, 1.54) is 0 Å². The molecule has 0 aromatic carbocycles. The number of nitrogens with two attached hydrogens (primary N) is 1. The molecular weight excluding hydrogens is 246 g/mol. The third-order valence-electron chi connectivity index (χ3n) is 3.32. The number of pyridine rings is 1. The summed E-state index contributed by atoms with van der Waals surface area (Å²) in [7, 11) is 0. The lowest BCUT2D eigenvalue weighted by molar-refractivity contribution is 0.0657. The number of nitrogens with zero attached hydrogens (tertiary/aromatic N) is 1. The Labute approximate surface area is 113 Å². The Morgan fingerprint density at radius 2 is 2.11 bits per heavy atom. The van der Waals surface area contributed by atoms with Crippen LogP contribution < -0.4 is 11.1 Å². The Morgan fingerprint density at radius 3 is 2.72 bits per heavy atom. The van der Waals surface area contributed by atoms with Crippen LogP contribution in [-0.2, 0) is 4.74 Å². The van der Waals surface area contributed by atoms with E-state index in [1.807, 2.05) is 19.1 Å². The molecule has 1 aliphatic rings. The highest BCUT2D eigenvalue weighted by Gasteiger charge is 2.28. The van der Waals surface area contributed by atoms with Crippen molar-refractivity contribution in [3.05, 3.63) is 23.4 Å². The van der Waals surface area contributed by atoms with E-state index in [-0.39, 0.29) is 5.54 Å². The normalized spacial score (nSPS) is 18.3. The monoisotopic (exact) mass is 265 g/mol. The van der Waals surface area contributed by atoms with Gasteiger partial charge in [0, 0.05) is 24.4 Å². The van der Waals surface area contributed by atoms with Gasteiger partial charge in [-0.25, -0.2) is 4.98 Å². The zero-order valence-electron chi connectivity index (χ0n) is 10.8. The van der Waals surface area contributed by atoms with Crippen LogP contribution in [0.15, 0.2) is 12.1 Å². The van der Waals surface area contributed by atoms with Gasteiger partial charge in [0.15, 0.2) is 0 Å². The zero-order valence-corrected chi connectivity index (χ0v) is 11.6. The third kappa shape index (κ3) is 2.97. The first-order valence-corrected chi connectivity index (χ1v) is 6.54. The number of ether oxygens (including phenoxy) is 1. The molecule has 1 aliphatic heterocycles. The molecule has 0 spiro atoms. The van der Waals surface area contributed by atoms with Gasteiger partial charge in [0.05, 0.1) is 5.56 Å². The standard InChI is InChI=1S/C13H19N3OS/c1-9-3-4-10(11(14)18)12(15-9)16-13(2)5-7-17-8-6-13/h3-4H,5-8H2,1-2H3,(H2,14,18)(H,15,16). The molecule has 1 saturated heterocycles. The molecule has 3 N–H and O–H groups in total. The summed E-state index contributed by atoms with van der Waals surface area (Å²) in [5.41, 5.74) is 7.50. The lowest BCUT2D eigenvalue weighted by Crippen LogP contribution is -2.41. The molecule has 0 radical (unpaired) electrons. The number of rotatable bonds is 3. The number of anilines is 1. The molecule has 0 atom stereocenters. The minimum atomic E-state index is -0.00141. The van der Waals surface area contributed by atoms with Gasteiger partial charge in [-0.15, -0.1) is 0 Å². The van der Waals surface area contributed by atoms with Crippen LogP contribution in [0.1, 0.15) is 31.0 Å². The second kappa shape index (κ2) is 5.20. The fourth-order valence-electron chi connectivity index (χ4n) is 2.08. The van der Waals surface area contributed by atoms with Crippen molar-refractivity contribution in [3.63, 3.8) is 0 Å². The molecule has 5 heteroatoms. The van der Waals surface area contributed by atoms with Crippen LogP contribution in [0, 0.1) is 6.92 Å². The van der Waals surface area contributed by atoms with Crippen molar-refractivity contribution in [1.29, 1.82) is 0 Å². The Kier molecular flexibility index (Phi) is 3.82. The summed E-state index contributed by atoms with van der Waals surface area (Å²) in [5, 5.41) is 3.49. The van der Waals surface area contributed by atoms with E-state index >= 15 is 0 Å². The largest absolute Gasteiger partial charge is 0.389 e. The van der Waals surface area contributed by atoms with Gasteiger partial charge in [-0.1, -0.05) is 12.2 Å². The molecule has 2 rings (SSSR count). The predicted octanol–water partition coefficient (Wildman–Crippen LogP) is 2.01. The number of thiocarbonyl (C=S) groups is 1. The third-order valence-corrected chi connectivity index (χ3v) is 3.54. The molecule has 18 heavy (non-hydrogen) atoms. The second-order valence-electron chi connectivity index (χ2n) is 5.01. The summed E-state index contributed by atoms with van der Waals surface area (Å²) in [4.78, 5) is 4.89. The van der Waals surface area contributed by atoms with Gasteiger partial charge in [-0.2, -0.15) is 0 Å². The molecule has 2 heterocycles. The molecule has 0 amide bonds. The van der Waals surface area contributed by atoms with E-state index in [1.54, 1.807) is 0 Å². The van der Waals surface area contributed by atoms with Crippen molar-refractivity contribution in [2.24, 2.45) is 5.73 Å². The number of nitrogens with one attached hydrogen (secondary N) is 1. The van der Waals surface area contributed by atoms with Crippen molar-refractivity contribution in [1.82, 2.24) is 4.98 Å². The van der Waals surface area contributed by atoms with Crippen LogP contribution in [0.4, 0.5) is 5.82 Å². The van der Waals surface area contributed by atoms with E-state index in [4.69, 9.17) is 22.7 Å². The quantitative estimate of drug-likeness (QED) is 0.819. The van der Waals surface area contributed by atoms with Gasteiger partial charge in [-0.05, 0) is 38.8 Å². The number of aromatic nitrogens is 1. The maximum Gasteiger partial charge on any atom is 0.136 e. The van der Waals surface area contributed by atoms with Gasteiger partial charge in [0.1, 0.15) is 10.8 Å². The summed E-state index contributed by atoms with van der Waals surface area (Å²) < 4.78 is 5.39. The van der Waals surface area contributed by atoms with Crippen molar-refractivity contribution in [2.45, 2.75) is 32.2 Å². The lowest BCUT2D eigenvalue weighted by Gasteiger charge is -2.35. The molecule has 0 saturated carbocycles. The highest BCUT2D eigenvalue weighted by Crippen LogP contribution is 2.26. The van der Waals surface area contributed by atoms with Gasteiger partial charge in [0.25, 0.3) is 0 Å². The first-order valence-electron chi connectivity index (χ1n) is 6.14. The molecule has 0 bridgehead atoms. The highest BCUT2D eigenvalue weighted by molar-refractivity contribution is 7.80. The minimum absolute atomic E-state index is 0.00141. The van der Waals surface area contributed by atoms with Crippen LogP contribution in [0.3, 0.4) is 0 Å². The molecule has 1 fully saturated rings. The average molecular weight is 265 g/mol. The maximum absolute atomic E-state index is 5.74. The van der Waals surface area contributed by atoms with E-state index in [2.05, 4.69) is 17.2 Å². The van der Waals surface area contributed by atoms with Crippen LogP contribution in [0.25, 0.3) is 0 Å². The number of hydrogen-bond acceptors (Lipinski definition) is 4. The number of aryl methyl sites for hydroxylation is 1. The molecule has 1 aromatic rings. The van der Waals surface area contributed by atoms with E-state index in [0.717, 1.165) is 43.1 Å². The minimum Gasteiger partial charge on any atom is -0.389 e. The molecule has 0 unspecified atom stereocenters. The Balaban J connectivity index is 2.26. The smallest absolute Gasteiger partial charge is 0.136 e. The summed E-state index contributed by atoms with van der Waals surface area (Å²) in [5.74, 6) is 0.784. The fraction of sp³-hybridized carbons (Fsp3) is 0.538. The summed E-state index contributed by atoms with van der Waals surface area (Å²) in [6.45, 7) is 5.69. The van der Waals surface area contributed by atoms with Crippen molar-refractivity contribution in [2.75, 3.05) is 18.5 Å². The zero-order chi connectivity index (χ0) is 13.2. The van der Waals surface area contributed by atoms with Crippen LogP contribution in [0.2, 0.25) is 0 Å². The molecule has 1 aromatic heterocycles. The first-order chi connectivity index (χ1) is 8.50. The SMILES string of the molecule is Cc1ccc(C(N)=S)c(NC2(C)CCOCC2)n1. The maximum atomic E-state index is 5.74. The van der Waals surface area contributed by atoms with Crippen LogP contribution in [-0.4, -0.2) is 28.7 Å². The van der Waals surface area contributed by atoms with Crippen LogP contribution >= 0.6 is 12.2 Å². The van der Waals surface area contributed by atoms with Gasteiger partial charge in [-0.3, -0.25) is 0 Å². The van der Waals surface area contributed by atoms with Crippen LogP contribution in [0.5, 0.6) is 0 Å². The van der Waals surface area contributed by atoms with E-state index in [9.17, 15) is 0 Å². The molecule has 0 aliphatic carbocycles. The van der Waals surface area contributed by atoms with Crippen molar-refractivity contribution < 1.29 is 4.74 Å². The Hall–Kier alpha value is -1.20. The Morgan fingerprint density at radius 1 is 1.44 bits per heavy atom. The van der Waals surface area contributed by atoms with Gasteiger partial charge >= 0.3 is 0 Å². The topological polar surface area (TPSA) is 60.2 Å². The first kappa shape index (κ1) is 13.2. The summed E-state index contributed by atoms with van der Waals surface area (Å²) >= 11 is 5.07. The molecule has 98 valence electrons. The second-order valence-corrected chi connectivity index (χ2v) is 5.45. The van der Waals surface area contributed by atoms with Gasteiger partial charge in [0.2, 0.25) is 0 Å². The lowest BCUT2D eigenvalue weighted by atomic mass is 9.92. The predicted molar refractivity (Wildman–Crippen MR) is 76.9 cm³/mol. The average Bonchev–Trinajstić information content (AvgIpc) is 2.28.